The van der Waals surface area contributed by atoms with Crippen LogP contribution in [-0.4, -0.2) is 29.3 Å². The summed E-state index contributed by atoms with van der Waals surface area (Å²) in [5, 5.41) is 12.2. The topological polar surface area (TPSA) is 54.4 Å². The molecule has 0 saturated heterocycles. The predicted molar refractivity (Wildman–Crippen MR) is 60.2 cm³/mol. The molecule has 2 N–H and O–H groups in total. The first kappa shape index (κ1) is 11.8. The van der Waals surface area contributed by atoms with Crippen molar-refractivity contribution in [3.8, 4) is 5.88 Å². The van der Waals surface area contributed by atoms with Gasteiger partial charge in [0.25, 0.3) is 0 Å². The quantitative estimate of drug-likeness (QED) is 0.749. The summed E-state index contributed by atoms with van der Waals surface area (Å²) in [6, 6.07) is 3.74. The fraction of sp³-hybridized carbons (Fsp3) is 0.545. The summed E-state index contributed by atoms with van der Waals surface area (Å²) >= 11 is 0. The summed E-state index contributed by atoms with van der Waals surface area (Å²) in [5.74, 6) is 0.638. The molecule has 0 aliphatic rings. The number of rotatable bonds is 6. The number of hydrogen-bond acceptors (Lipinski definition) is 4. The van der Waals surface area contributed by atoms with Crippen LogP contribution < -0.4 is 10.1 Å². The van der Waals surface area contributed by atoms with Crippen LogP contribution in [0.1, 0.15) is 20.3 Å². The highest BCUT2D eigenvalue weighted by Crippen LogP contribution is 2.11. The van der Waals surface area contributed by atoms with E-state index in [9.17, 15) is 0 Å². The molecule has 0 aliphatic heterocycles. The van der Waals surface area contributed by atoms with Crippen LogP contribution in [0, 0.1) is 0 Å². The third kappa shape index (κ3) is 4.65. The lowest BCUT2D eigenvalue weighted by atomic mass is 10.3. The number of nitrogens with one attached hydrogen (secondary N) is 1. The van der Waals surface area contributed by atoms with Crippen molar-refractivity contribution in [2.45, 2.75) is 26.4 Å². The molecule has 4 heteroatoms. The second-order valence-corrected chi connectivity index (χ2v) is 3.38. The Bertz CT molecular complexity index is 272. The number of anilines is 1. The fourth-order valence-corrected chi connectivity index (χ4v) is 1.14. The Hall–Kier alpha value is -1.29. The third-order valence-electron chi connectivity index (χ3n) is 1.92. The minimum Gasteiger partial charge on any atom is -0.478 e. The summed E-state index contributed by atoms with van der Waals surface area (Å²) in [5.41, 5.74) is 0.944. The van der Waals surface area contributed by atoms with Crippen LogP contribution in [-0.2, 0) is 0 Å². The third-order valence-corrected chi connectivity index (χ3v) is 1.92. The van der Waals surface area contributed by atoms with Crippen LogP contribution in [0.3, 0.4) is 0 Å². The molecule has 0 amide bonds. The van der Waals surface area contributed by atoms with Crippen molar-refractivity contribution in [3.05, 3.63) is 18.3 Å². The summed E-state index contributed by atoms with van der Waals surface area (Å²) in [6.45, 7) is 5.07. The van der Waals surface area contributed by atoms with Gasteiger partial charge in [-0.3, -0.25) is 0 Å². The van der Waals surface area contributed by atoms with Gasteiger partial charge in [-0.1, -0.05) is 0 Å². The molecule has 0 aliphatic carbocycles. The lowest BCUT2D eigenvalue weighted by molar-refractivity contribution is 0.189. The first-order valence-electron chi connectivity index (χ1n) is 5.23. The largest absolute Gasteiger partial charge is 0.478 e. The van der Waals surface area contributed by atoms with Gasteiger partial charge in [0, 0.05) is 12.6 Å². The Morgan fingerprint density at radius 2 is 2.33 bits per heavy atom. The van der Waals surface area contributed by atoms with Crippen LogP contribution >= 0.6 is 0 Å². The van der Waals surface area contributed by atoms with Crippen molar-refractivity contribution in [3.63, 3.8) is 0 Å². The highest BCUT2D eigenvalue weighted by Gasteiger charge is 1.97. The van der Waals surface area contributed by atoms with E-state index in [4.69, 9.17) is 9.84 Å². The van der Waals surface area contributed by atoms with Gasteiger partial charge < -0.3 is 15.2 Å². The van der Waals surface area contributed by atoms with Gasteiger partial charge in [0.1, 0.15) is 0 Å². The van der Waals surface area contributed by atoms with E-state index in [0.717, 1.165) is 18.7 Å². The zero-order valence-corrected chi connectivity index (χ0v) is 9.23. The van der Waals surface area contributed by atoms with Crippen molar-refractivity contribution in [1.82, 2.24) is 4.98 Å². The second kappa shape index (κ2) is 6.24. The Morgan fingerprint density at radius 3 is 2.87 bits per heavy atom. The molecule has 0 radical (unpaired) electrons. The molecule has 0 saturated carbocycles. The van der Waals surface area contributed by atoms with Crippen molar-refractivity contribution < 1.29 is 9.84 Å². The minimum atomic E-state index is -0.270. The summed E-state index contributed by atoms with van der Waals surface area (Å²) in [7, 11) is 0. The molecule has 0 spiro atoms. The molecular formula is C11H18N2O2. The van der Waals surface area contributed by atoms with E-state index in [2.05, 4.69) is 10.3 Å². The zero-order chi connectivity index (χ0) is 11.1. The Labute approximate surface area is 90.3 Å². The van der Waals surface area contributed by atoms with Crippen molar-refractivity contribution in [2.75, 3.05) is 18.5 Å². The predicted octanol–water partition coefficient (Wildman–Crippen LogP) is 1.66. The fourth-order valence-electron chi connectivity index (χ4n) is 1.14. The van der Waals surface area contributed by atoms with Gasteiger partial charge in [0.05, 0.1) is 24.6 Å². The number of hydrogen-bond donors (Lipinski definition) is 2. The van der Waals surface area contributed by atoms with Crippen molar-refractivity contribution in [1.29, 1.82) is 0 Å². The van der Waals surface area contributed by atoms with E-state index in [1.54, 1.807) is 13.1 Å². The summed E-state index contributed by atoms with van der Waals surface area (Å²) in [6.07, 6.45) is 2.19. The van der Waals surface area contributed by atoms with Crippen LogP contribution in [0.5, 0.6) is 5.88 Å². The number of aromatic nitrogens is 1. The normalized spacial score (nSPS) is 12.2. The molecular weight excluding hydrogens is 192 g/mol. The first-order chi connectivity index (χ1) is 7.22. The molecule has 15 heavy (non-hydrogen) atoms. The molecule has 0 aromatic carbocycles. The molecule has 0 bridgehead atoms. The number of ether oxygens (including phenoxy) is 1. The summed E-state index contributed by atoms with van der Waals surface area (Å²) < 4.78 is 5.22. The molecule has 1 atom stereocenters. The Kier molecular flexibility index (Phi) is 4.90. The highest BCUT2D eigenvalue weighted by molar-refractivity contribution is 5.41. The zero-order valence-electron chi connectivity index (χ0n) is 9.23. The molecule has 1 heterocycles. The van der Waals surface area contributed by atoms with E-state index in [-0.39, 0.29) is 6.10 Å². The van der Waals surface area contributed by atoms with Gasteiger partial charge in [0.15, 0.2) is 0 Å². The molecule has 4 nitrogen and oxygen atoms in total. The molecule has 1 rings (SSSR count). The maximum atomic E-state index is 9.07. The molecule has 1 aromatic heterocycles. The van der Waals surface area contributed by atoms with Crippen LogP contribution in [0.4, 0.5) is 5.69 Å². The van der Waals surface area contributed by atoms with Gasteiger partial charge in [-0.15, -0.1) is 0 Å². The lowest BCUT2D eigenvalue weighted by Gasteiger charge is -2.08. The van der Waals surface area contributed by atoms with E-state index in [0.29, 0.717) is 12.5 Å². The molecule has 1 unspecified atom stereocenters. The standard InChI is InChI=1S/C11H18N2O2/c1-3-15-11-5-4-10(8-13-11)12-7-6-9(2)14/h4-5,8-9,12,14H,3,6-7H2,1-2H3. The van der Waals surface area contributed by atoms with Crippen molar-refractivity contribution in [2.24, 2.45) is 0 Å². The number of pyridine rings is 1. The Balaban J connectivity index is 2.36. The minimum absolute atomic E-state index is 0.270. The first-order valence-corrected chi connectivity index (χ1v) is 5.23. The molecule has 84 valence electrons. The van der Waals surface area contributed by atoms with E-state index in [1.165, 1.54) is 0 Å². The van der Waals surface area contributed by atoms with Crippen LogP contribution in [0.25, 0.3) is 0 Å². The highest BCUT2D eigenvalue weighted by atomic mass is 16.5. The Morgan fingerprint density at radius 1 is 1.53 bits per heavy atom. The van der Waals surface area contributed by atoms with Crippen LogP contribution in [0.15, 0.2) is 18.3 Å². The maximum absolute atomic E-state index is 9.07. The SMILES string of the molecule is CCOc1ccc(NCCC(C)O)cn1. The van der Waals surface area contributed by atoms with Gasteiger partial charge in [-0.25, -0.2) is 4.98 Å². The van der Waals surface area contributed by atoms with Crippen LogP contribution in [0.2, 0.25) is 0 Å². The monoisotopic (exact) mass is 210 g/mol. The van der Waals surface area contributed by atoms with Crippen molar-refractivity contribution >= 4 is 5.69 Å². The van der Waals surface area contributed by atoms with Gasteiger partial charge in [-0.2, -0.15) is 0 Å². The number of aliphatic hydroxyl groups is 1. The van der Waals surface area contributed by atoms with E-state index in [1.807, 2.05) is 19.1 Å². The molecule has 1 aromatic rings. The maximum Gasteiger partial charge on any atom is 0.213 e. The number of nitrogens with zero attached hydrogens (tertiary/aromatic N) is 1. The smallest absolute Gasteiger partial charge is 0.213 e. The average molecular weight is 210 g/mol. The van der Waals surface area contributed by atoms with Gasteiger partial charge in [-0.05, 0) is 26.3 Å². The van der Waals surface area contributed by atoms with E-state index >= 15 is 0 Å². The van der Waals surface area contributed by atoms with Gasteiger partial charge >= 0.3 is 0 Å². The number of aliphatic hydroxyl groups excluding tert-OH is 1. The van der Waals surface area contributed by atoms with E-state index < -0.39 is 0 Å². The summed E-state index contributed by atoms with van der Waals surface area (Å²) in [4.78, 5) is 4.12. The lowest BCUT2D eigenvalue weighted by Crippen LogP contribution is -2.09. The molecule has 0 fully saturated rings. The average Bonchev–Trinajstić information content (AvgIpc) is 2.20. The second-order valence-electron chi connectivity index (χ2n) is 3.38. The van der Waals surface area contributed by atoms with Gasteiger partial charge in [0.2, 0.25) is 5.88 Å².